The van der Waals surface area contributed by atoms with Crippen LogP contribution in [0.3, 0.4) is 0 Å². The number of hydrogen-bond donors (Lipinski definition) is 1. The van der Waals surface area contributed by atoms with Gasteiger partial charge in [0, 0.05) is 18.7 Å². The van der Waals surface area contributed by atoms with Crippen LogP contribution in [0.15, 0.2) is 24.3 Å². The molecule has 1 aromatic carbocycles. The van der Waals surface area contributed by atoms with Crippen LogP contribution in [0.1, 0.15) is 37.2 Å². The summed E-state index contributed by atoms with van der Waals surface area (Å²) in [6.07, 6.45) is 4.25. The lowest BCUT2D eigenvalue weighted by molar-refractivity contribution is -0.384. The number of nitro benzene ring substituents is 1. The topological polar surface area (TPSA) is 63.4 Å². The lowest BCUT2D eigenvalue weighted by Crippen LogP contribution is -2.16. The lowest BCUT2D eigenvalue weighted by Gasteiger charge is -2.27. The van der Waals surface area contributed by atoms with Crippen LogP contribution in [0.2, 0.25) is 0 Å². The Morgan fingerprint density at radius 1 is 1.18 bits per heavy atom. The van der Waals surface area contributed by atoms with Crippen molar-refractivity contribution in [1.29, 1.82) is 0 Å². The minimum absolute atomic E-state index is 0.151. The van der Waals surface area contributed by atoms with Crippen molar-refractivity contribution in [3.05, 3.63) is 39.9 Å². The molecular formula is C13H17NO3. The van der Waals surface area contributed by atoms with E-state index in [2.05, 4.69) is 0 Å². The van der Waals surface area contributed by atoms with Crippen LogP contribution >= 0.6 is 0 Å². The minimum Gasteiger partial charge on any atom is -0.396 e. The highest BCUT2D eigenvalue weighted by Crippen LogP contribution is 2.35. The molecule has 0 aromatic heterocycles. The van der Waals surface area contributed by atoms with E-state index in [1.807, 2.05) is 12.1 Å². The van der Waals surface area contributed by atoms with Gasteiger partial charge in [-0.3, -0.25) is 10.1 Å². The fourth-order valence-corrected chi connectivity index (χ4v) is 2.55. The number of nitro groups is 1. The number of nitrogens with zero attached hydrogens (tertiary/aromatic N) is 1. The van der Waals surface area contributed by atoms with Crippen LogP contribution in [0.25, 0.3) is 0 Å². The number of rotatable bonds is 3. The predicted molar refractivity (Wildman–Crippen MR) is 64.9 cm³/mol. The third-order valence-electron chi connectivity index (χ3n) is 3.68. The van der Waals surface area contributed by atoms with Crippen LogP contribution in [0.5, 0.6) is 0 Å². The van der Waals surface area contributed by atoms with E-state index in [1.54, 1.807) is 12.1 Å². The highest BCUT2D eigenvalue weighted by molar-refractivity contribution is 5.34. The Kier molecular flexibility index (Phi) is 3.74. The summed E-state index contributed by atoms with van der Waals surface area (Å²) in [5.74, 6) is 0.947. The first-order valence-corrected chi connectivity index (χ1v) is 6.06. The van der Waals surface area contributed by atoms with Gasteiger partial charge in [0.2, 0.25) is 0 Å². The quantitative estimate of drug-likeness (QED) is 0.647. The number of non-ortho nitro benzene ring substituents is 1. The first kappa shape index (κ1) is 12.0. The van der Waals surface area contributed by atoms with Crippen molar-refractivity contribution in [2.45, 2.75) is 31.6 Å². The molecule has 0 aliphatic heterocycles. The summed E-state index contributed by atoms with van der Waals surface area (Å²) in [5.41, 5.74) is 1.34. The first-order chi connectivity index (χ1) is 8.20. The third kappa shape index (κ3) is 2.82. The zero-order valence-electron chi connectivity index (χ0n) is 9.71. The molecule has 1 N–H and O–H groups in total. The van der Waals surface area contributed by atoms with Crippen molar-refractivity contribution in [3.8, 4) is 0 Å². The zero-order valence-corrected chi connectivity index (χ0v) is 9.71. The van der Waals surface area contributed by atoms with E-state index in [-0.39, 0.29) is 17.2 Å². The molecule has 1 aliphatic carbocycles. The second-order valence-electron chi connectivity index (χ2n) is 4.75. The van der Waals surface area contributed by atoms with Crippen LogP contribution in [0.4, 0.5) is 5.69 Å². The van der Waals surface area contributed by atoms with E-state index in [9.17, 15) is 10.1 Å². The summed E-state index contributed by atoms with van der Waals surface area (Å²) >= 11 is 0. The third-order valence-corrected chi connectivity index (χ3v) is 3.68. The SMILES string of the molecule is O=[N+]([O-])c1ccc([C@H]2CC[C@H](CO)CC2)cc1. The molecule has 1 saturated carbocycles. The van der Waals surface area contributed by atoms with Gasteiger partial charge in [0.15, 0.2) is 0 Å². The van der Waals surface area contributed by atoms with E-state index in [4.69, 9.17) is 5.11 Å². The maximum Gasteiger partial charge on any atom is 0.269 e. The van der Waals surface area contributed by atoms with Crippen LogP contribution in [-0.2, 0) is 0 Å². The Morgan fingerprint density at radius 2 is 1.76 bits per heavy atom. The Bertz CT molecular complexity index is 380. The van der Waals surface area contributed by atoms with E-state index >= 15 is 0 Å². The van der Waals surface area contributed by atoms with Crippen molar-refractivity contribution in [3.63, 3.8) is 0 Å². The van der Waals surface area contributed by atoms with Crippen molar-refractivity contribution in [2.75, 3.05) is 6.61 Å². The molecule has 0 unspecified atom stereocenters. The number of hydrogen-bond acceptors (Lipinski definition) is 3. The summed E-state index contributed by atoms with van der Waals surface area (Å²) in [7, 11) is 0. The Morgan fingerprint density at radius 3 is 2.24 bits per heavy atom. The molecule has 92 valence electrons. The van der Waals surface area contributed by atoms with Gasteiger partial charge < -0.3 is 5.11 Å². The molecule has 0 amide bonds. The average Bonchev–Trinajstić information content (AvgIpc) is 2.39. The molecule has 1 aromatic rings. The van der Waals surface area contributed by atoms with Crippen LogP contribution in [0, 0.1) is 16.0 Å². The molecule has 1 fully saturated rings. The Labute approximate surface area is 100 Å². The van der Waals surface area contributed by atoms with Gasteiger partial charge in [0.1, 0.15) is 0 Å². The monoisotopic (exact) mass is 235 g/mol. The fourth-order valence-electron chi connectivity index (χ4n) is 2.55. The molecule has 4 heteroatoms. The van der Waals surface area contributed by atoms with Gasteiger partial charge >= 0.3 is 0 Å². The van der Waals surface area contributed by atoms with Crippen molar-refractivity contribution in [1.82, 2.24) is 0 Å². The van der Waals surface area contributed by atoms with E-state index in [0.29, 0.717) is 11.8 Å². The van der Waals surface area contributed by atoms with Gasteiger partial charge in [0.25, 0.3) is 5.69 Å². The van der Waals surface area contributed by atoms with Gasteiger partial charge in [-0.2, -0.15) is 0 Å². The molecule has 4 nitrogen and oxygen atoms in total. The fraction of sp³-hybridized carbons (Fsp3) is 0.538. The van der Waals surface area contributed by atoms with Crippen LogP contribution < -0.4 is 0 Å². The van der Waals surface area contributed by atoms with Gasteiger partial charge in [-0.1, -0.05) is 12.1 Å². The second-order valence-corrected chi connectivity index (χ2v) is 4.75. The van der Waals surface area contributed by atoms with Gasteiger partial charge in [-0.25, -0.2) is 0 Å². The smallest absolute Gasteiger partial charge is 0.269 e. The van der Waals surface area contributed by atoms with Crippen molar-refractivity contribution < 1.29 is 10.0 Å². The molecule has 0 atom stereocenters. The van der Waals surface area contributed by atoms with E-state index in [0.717, 1.165) is 25.7 Å². The second kappa shape index (κ2) is 5.27. The molecule has 0 heterocycles. The molecule has 2 rings (SSSR count). The molecule has 1 aliphatic rings. The predicted octanol–water partition coefficient (Wildman–Crippen LogP) is 2.86. The summed E-state index contributed by atoms with van der Waals surface area (Å²) in [6.45, 7) is 0.285. The van der Waals surface area contributed by atoms with Gasteiger partial charge in [-0.05, 0) is 43.1 Å². The maximum atomic E-state index is 10.5. The zero-order chi connectivity index (χ0) is 12.3. The van der Waals surface area contributed by atoms with Crippen molar-refractivity contribution in [2.24, 2.45) is 5.92 Å². The minimum atomic E-state index is -0.369. The number of benzene rings is 1. The van der Waals surface area contributed by atoms with Gasteiger partial charge in [0.05, 0.1) is 4.92 Å². The Balaban J connectivity index is 2.01. The molecule has 0 spiro atoms. The molecule has 0 radical (unpaired) electrons. The normalized spacial score (nSPS) is 24.5. The molecule has 17 heavy (non-hydrogen) atoms. The highest BCUT2D eigenvalue weighted by Gasteiger charge is 2.22. The number of aliphatic hydroxyl groups excluding tert-OH is 1. The number of aliphatic hydroxyl groups is 1. The maximum absolute atomic E-state index is 10.5. The summed E-state index contributed by atoms with van der Waals surface area (Å²) in [6, 6.07) is 6.88. The highest BCUT2D eigenvalue weighted by atomic mass is 16.6. The summed E-state index contributed by atoms with van der Waals surface area (Å²) in [5, 5.41) is 19.6. The first-order valence-electron chi connectivity index (χ1n) is 6.06. The molecule has 0 saturated heterocycles. The summed E-state index contributed by atoms with van der Waals surface area (Å²) < 4.78 is 0. The standard InChI is InChI=1S/C13H17NO3/c15-9-10-1-3-11(4-2-10)12-5-7-13(8-6-12)14(16)17/h5-8,10-11,15H,1-4,9H2/t10-,11-. The van der Waals surface area contributed by atoms with Crippen LogP contribution in [-0.4, -0.2) is 16.6 Å². The molecular weight excluding hydrogens is 218 g/mol. The van der Waals surface area contributed by atoms with Gasteiger partial charge in [-0.15, -0.1) is 0 Å². The van der Waals surface area contributed by atoms with E-state index in [1.165, 1.54) is 5.56 Å². The summed E-state index contributed by atoms with van der Waals surface area (Å²) in [4.78, 5) is 10.2. The largest absolute Gasteiger partial charge is 0.396 e. The molecule has 0 bridgehead atoms. The van der Waals surface area contributed by atoms with Crippen molar-refractivity contribution >= 4 is 5.69 Å². The Hall–Kier alpha value is -1.42. The average molecular weight is 235 g/mol. The van der Waals surface area contributed by atoms with E-state index < -0.39 is 0 Å². The lowest BCUT2D eigenvalue weighted by atomic mass is 9.79.